The molecule has 0 bridgehead atoms. The molecule has 0 saturated carbocycles. The molecule has 0 fully saturated rings. The third-order valence-corrected chi connectivity index (χ3v) is 2.78. The quantitative estimate of drug-likeness (QED) is 0.897. The highest BCUT2D eigenvalue weighted by atomic mass is 35.5. The normalized spacial score (nSPS) is 10.1. The summed E-state index contributed by atoms with van der Waals surface area (Å²) in [6.45, 7) is 0. The summed E-state index contributed by atoms with van der Waals surface area (Å²) >= 11 is 5.73. The van der Waals surface area contributed by atoms with Crippen LogP contribution in [-0.2, 0) is 0 Å². The molecule has 0 radical (unpaired) electrons. The minimum Gasteiger partial charge on any atom is -0.387 e. The van der Waals surface area contributed by atoms with Gasteiger partial charge >= 0.3 is 0 Å². The summed E-state index contributed by atoms with van der Waals surface area (Å²) in [5, 5.41) is 5.77. The van der Waals surface area contributed by atoms with Gasteiger partial charge in [0.05, 0.1) is 5.56 Å². The van der Waals surface area contributed by atoms with Crippen LogP contribution in [0.3, 0.4) is 0 Å². The van der Waals surface area contributed by atoms with Crippen LogP contribution < -0.4 is 10.6 Å². The van der Waals surface area contributed by atoms with E-state index < -0.39 is 5.82 Å². The first-order chi connectivity index (χ1) is 9.10. The molecule has 5 heteroatoms. The number of hydrogen-bond acceptors (Lipinski definition) is 2. The van der Waals surface area contributed by atoms with Crippen molar-refractivity contribution in [3.05, 3.63) is 58.9 Å². The maximum atomic E-state index is 13.2. The Morgan fingerprint density at radius 2 is 1.95 bits per heavy atom. The van der Waals surface area contributed by atoms with Crippen LogP contribution in [0, 0.1) is 5.82 Å². The standard InChI is InChI=1S/C14H12ClFN2O/c1-17-13-5-3-2-4-12(13)14(19)18-11-7-9(15)6-10(16)8-11/h2-8,17H,1H3,(H,18,19). The summed E-state index contributed by atoms with van der Waals surface area (Å²) in [7, 11) is 1.73. The van der Waals surface area contributed by atoms with Crippen molar-refractivity contribution in [2.75, 3.05) is 17.7 Å². The molecule has 1 amide bonds. The molecule has 0 spiro atoms. The van der Waals surface area contributed by atoms with Crippen molar-refractivity contribution in [2.45, 2.75) is 0 Å². The molecule has 0 saturated heterocycles. The Bertz CT molecular complexity index is 596. The fourth-order valence-corrected chi connectivity index (χ4v) is 1.95. The van der Waals surface area contributed by atoms with Crippen molar-refractivity contribution in [2.24, 2.45) is 0 Å². The Morgan fingerprint density at radius 1 is 1.21 bits per heavy atom. The number of amides is 1. The average molecular weight is 279 g/mol. The van der Waals surface area contributed by atoms with Crippen LogP contribution in [0.5, 0.6) is 0 Å². The molecule has 2 N–H and O–H groups in total. The van der Waals surface area contributed by atoms with Crippen LogP contribution in [0.15, 0.2) is 42.5 Å². The maximum absolute atomic E-state index is 13.2. The minimum atomic E-state index is -0.496. The van der Waals surface area contributed by atoms with Gasteiger partial charge in [-0.25, -0.2) is 4.39 Å². The van der Waals surface area contributed by atoms with Gasteiger partial charge in [-0.3, -0.25) is 4.79 Å². The van der Waals surface area contributed by atoms with Crippen molar-refractivity contribution >= 4 is 28.9 Å². The highest BCUT2D eigenvalue weighted by molar-refractivity contribution is 6.31. The Labute approximate surface area is 115 Å². The zero-order valence-electron chi connectivity index (χ0n) is 10.2. The van der Waals surface area contributed by atoms with E-state index in [1.54, 1.807) is 25.2 Å². The fraction of sp³-hybridized carbons (Fsp3) is 0.0714. The van der Waals surface area contributed by atoms with Gasteiger partial charge in [-0.15, -0.1) is 0 Å². The summed E-state index contributed by atoms with van der Waals surface area (Å²) < 4.78 is 13.2. The summed E-state index contributed by atoms with van der Waals surface area (Å²) in [4.78, 5) is 12.1. The smallest absolute Gasteiger partial charge is 0.257 e. The van der Waals surface area contributed by atoms with E-state index in [1.807, 2.05) is 6.07 Å². The molecule has 0 aliphatic heterocycles. The van der Waals surface area contributed by atoms with Crippen LogP contribution in [-0.4, -0.2) is 13.0 Å². The Hall–Kier alpha value is -2.07. The number of halogens is 2. The Balaban J connectivity index is 2.25. The van der Waals surface area contributed by atoms with E-state index >= 15 is 0 Å². The number of benzene rings is 2. The molecule has 19 heavy (non-hydrogen) atoms. The molecule has 3 nitrogen and oxygen atoms in total. The fourth-order valence-electron chi connectivity index (χ4n) is 1.72. The Kier molecular flexibility index (Phi) is 4.02. The van der Waals surface area contributed by atoms with Crippen molar-refractivity contribution in [1.29, 1.82) is 0 Å². The van der Waals surface area contributed by atoms with Crippen LogP contribution in [0.25, 0.3) is 0 Å². The van der Waals surface area contributed by atoms with Gasteiger partial charge in [0.1, 0.15) is 5.82 Å². The van der Waals surface area contributed by atoms with E-state index in [9.17, 15) is 9.18 Å². The molecule has 2 rings (SSSR count). The largest absolute Gasteiger partial charge is 0.387 e. The number of nitrogens with one attached hydrogen (secondary N) is 2. The van der Waals surface area contributed by atoms with Crippen molar-refractivity contribution < 1.29 is 9.18 Å². The number of carbonyl (C=O) groups excluding carboxylic acids is 1. The molecule has 2 aromatic carbocycles. The molecule has 0 aromatic heterocycles. The molecule has 0 heterocycles. The second kappa shape index (κ2) is 5.71. The maximum Gasteiger partial charge on any atom is 0.257 e. The van der Waals surface area contributed by atoms with Gasteiger partial charge in [0, 0.05) is 23.4 Å². The van der Waals surface area contributed by atoms with E-state index in [1.165, 1.54) is 18.2 Å². The predicted molar refractivity (Wildman–Crippen MR) is 75.4 cm³/mol. The van der Waals surface area contributed by atoms with E-state index in [0.29, 0.717) is 16.9 Å². The third-order valence-electron chi connectivity index (χ3n) is 2.56. The van der Waals surface area contributed by atoms with E-state index in [-0.39, 0.29) is 10.9 Å². The van der Waals surface area contributed by atoms with Crippen LogP contribution in [0.2, 0.25) is 5.02 Å². The second-order valence-corrected chi connectivity index (χ2v) is 4.34. The zero-order chi connectivity index (χ0) is 13.8. The van der Waals surface area contributed by atoms with Gasteiger partial charge in [0.15, 0.2) is 0 Å². The molecular formula is C14H12ClFN2O. The van der Waals surface area contributed by atoms with Gasteiger partial charge < -0.3 is 10.6 Å². The Morgan fingerprint density at radius 3 is 2.63 bits per heavy atom. The lowest BCUT2D eigenvalue weighted by Crippen LogP contribution is -2.14. The number of para-hydroxylation sites is 1. The first kappa shape index (κ1) is 13.4. The third kappa shape index (κ3) is 3.23. The van der Waals surface area contributed by atoms with Crippen molar-refractivity contribution in [1.82, 2.24) is 0 Å². The van der Waals surface area contributed by atoms with Gasteiger partial charge in [0.2, 0.25) is 0 Å². The summed E-state index contributed by atoms with van der Waals surface area (Å²) in [6, 6.07) is 10.9. The number of carbonyl (C=O) groups is 1. The van der Waals surface area contributed by atoms with E-state index in [4.69, 9.17) is 11.6 Å². The van der Waals surface area contributed by atoms with Crippen LogP contribution in [0.1, 0.15) is 10.4 Å². The topological polar surface area (TPSA) is 41.1 Å². The van der Waals surface area contributed by atoms with Gasteiger partial charge in [0.25, 0.3) is 5.91 Å². The highest BCUT2D eigenvalue weighted by Gasteiger charge is 2.11. The van der Waals surface area contributed by atoms with E-state index in [2.05, 4.69) is 10.6 Å². The zero-order valence-corrected chi connectivity index (χ0v) is 11.0. The average Bonchev–Trinajstić information content (AvgIpc) is 2.37. The first-order valence-electron chi connectivity index (χ1n) is 5.64. The molecule has 0 aliphatic carbocycles. The van der Waals surface area contributed by atoms with Gasteiger partial charge in [-0.05, 0) is 30.3 Å². The monoisotopic (exact) mass is 278 g/mol. The van der Waals surface area contributed by atoms with Crippen molar-refractivity contribution in [3.63, 3.8) is 0 Å². The molecular weight excluding hydrogens is 267 g/mol. The molecule has 0 aliphatic rings. The van der Waals surface area contributed by atoms with Crippen LogP contribution in [0.4, 0.5) is 15.8 Å². The lowest BCUT2D eigenvalue weighted by Gasteiger charge is -2.10. The SMILES string of the molecule is CNc1ccccc1C(=O)Nc1cc(F)cc(Cl)c1. The molecule has 98 valence electrons. The van der Waals surface area contributed by atoms with Gasteiger partial charge in [-0.1, -0.05) is 23.7 Å². The first-order valence-corrected chi connectivity index (χ1v) is 6.02. The predicted octanol–water partition coefficient (Wildman–Crippen LogP) is 3.77. The molecule has 0 unspecified atom stereocenters. The number of hydrogen-bond donors (Lipinski definition) is 2. The summed E-state index contributed by atoms with van der Waals surface area (Å²) in [5.74, 6) is -0.823. The number of anilines is 2. The summed E-state index contributed by atoms with van der Waals surface area (Å²) in [6.07, 6.45) is 0. The van der Waals surface area contributed by atoms with E-state index in [0.717, 1.165) is 0 Å². The van der Waals surface area contributed by atoms with Crippen molar-refractivity contribution in [3.8, 4) is 0 Å². The van der Waals surface area contributed by atoms with Crippen LogP contribution >= 0.6 is 11.6 Å². The highest BCUT2D eigenvalue weighted by Crippen LogP contribution is 2.20. The molecule has 0 atom stereocenters. The lowest BCUT2D eigenvalue weighted by atomic mass is 10.1. The molecule has 2 aromatic rings. The lowest BCUT2D eigenvalue weighted by molar-refractivity contribution is 0.102. The van der Waals surface area contributed by atoms with Gasteiger partial charge in [-0.2, -0.15) is 0 Å². The second-order valence-electron chi connectivity index (χ2n) is 3.91. The minimum absolute atomic E-state index is 0.234. The summed E-state index contributed by atoms with van der Waals surface area (Å²) in [5.41, 5.74) is 1.49. The number of rotatable bonds is 3.